The fourth-order valence-electron chi connectivity index (χ4n) is 4.50. The summed E-state index contributed by atoms with van der Waals surface area (Å²) in [5.41, 5.74) is 6.24. The summed E-state index contributed by atoms with van der Waals surface area (Å²) in [5, 5.41) is 0. The van der Waals surface area contributed by atoms with Gasteiger partial charge in [0.25, 0.3) is 0 Å². The third-order valence-corrected chi connectivity index (χ3v) is 7.31. The average molecular weight is 523 g/mol. The Labute approximate surface area is 231 Å². The molecule has 0 saturated carbocycles. The summed E-state index contributed by atoms with van der Waals surface area (Å²) in [6.45, 7) is 0. The third-order valence-electron chi connectivity index (χ3n) is 6.24. The molecule has 4 aromatic carbocycles. The van der Waals surface area contributed by atoms with Gasteiger partial charge in [-0.25, -0.2) is 9.97 Å². The first-order valence-corrected chi connectivity index (χ1v) is 13.9. The second kappa shape index (κ2) is 11.7. The Morgan fingerprint density at radius 3 is 0.949 bits per heavy atom. The number of benzene rings is 4. The zero-order valence-electron chi connectivity index (χ0n) is 21.3. The first-order chi connectivity index (χ1) is 19.3. The Morgan fingerprint density at radius 2 is 0.641 bits per heavy atom. The molecule has 0 unspecified atom stereocenters. The molecule has 188 valence electrons. The van der Waals surface area contributed by atoms with E-state index in [1.54, 1.807) is 0 Å². The van der Waals surface area contributed by atoms with Crippen LogP contribution in [0.2, 0.25) is 0 Å². The van der Waals surface area contributed by atoms with Gasteiger partial charge in [0.05, 0.1) is 10.9 Å². The number of anilines is 6. The average Bonchev–Trinajstić information content (AvgIpc) is 3.00. The minimum Gasteiger partial charge on any atom is -0.295 e. The lowest BCUT2D eigenvalue weighted by Gasteiger charge is -2.25. The molecule has 0 aliphatic heterocycles. The van der Waals surface area contributed by atoms with Crippen molar-refractivity contribution in [3.63, 3.8) is 0 Å². The monoisotopic (exact) mass is 522 g/mol. The lowest BCUT2D eigenvalue weighted by molar-refractivity contribution is 1.19. The molecule has 2 heterocycles. The maximum absolute atomic E-state index is 5.10. The van der Waals surface area contributed by atoms with Gasteiger partial charge in [0, 0.05) is 22.7 Å². The van der Waals surface area contributed by atoms with Crippen LogP contribution < -0.4 is 20.7 Å². The van der Waals surface area contributed by atoms with Crippen LogP contribution in [0.5, 0.6) is 0 Å². The van der Waals surface area contributed by atoms with E-state index in [1.807, 2.05) is 24.3 Å². The molecule has 0 aliphatic rings. The zero-order chi connectivity index (χ0) is 26.3. The van der Waals surface area contributed by atoms with E-state index in [1.165, 1.54) is 0 Å². The van der Waals surface area contributed by atoms with Gasteiger partial charge in [-0.1, -0.05) is 84.9 Å². The van der Waals surface area contributed by atoms with Crippen LogP contribution in [-0.4, -0.2) is 9.97 Å². The van der Waals surface area contributed by atoms with E-state index in [0.29, 0.717) is 8.58 Å². The summed E-state index contributed by atoms with van der Waals surface area (Å²) in [4.78, 5) is 14.6. The Morgan fingerprint density at radius 1 is 0.333 bits per heavy atom. The minimum absolute atomic E-state index is 0.310. The molecule has 4 nitrogen and oxygen atoms in total. The second-order valence-electron chi connectivity index (χ2n) is 8.90. The molecule has 6 aromatic rings. The molecule has 39 heavy (non-hydrogen) atoms. The molecule has 0 saturated heterocycles. The van der Waals surface area contributed by atoms with Gasteiger partial charge in [-0.2, -0.15) is 0 Å². The van der Waals surface area contributed by atoms with Crippen molar-refractivity contribution in [2.24, 2.45) is 0 Å². The van der Waals surface area contributed by atoms with Crippen LogP contribution >= 0.6 is 8.58 Å². The van der Waals surface area contributed by atoms with Gasteiger partial charge < -0.3 is 0 Å². The second-order valence-corrected chi connectivity index (χ2v) is 10.2. The Kier molecular flexibility index (Phi) is 7.38. The Hall–Kier alpha value is -4.79. The van der Waals surface area contributed by atoms with Gasteiger partial charge in [-0.05, 0) is 81.4 Å². The predicted octanol–water partition coefficient (Wildman–Crippen LogP) is 8.05. The molecule has 2 aromatic heterocycles. The molecule has 0 spiro atoms. The highest BCUT2D eigenvalue weighted by Crippen LogP contribution is 2.34. The van der Waals surface area contributed by atoms with Crippen molar-refractivity contribution in [2.45, 2.75) is 0 Å². The van der Waals surface area contributed by atoms with Crippen LogP contribution in [0.4, 0.5) is 34.4 Å². The molecule has 0 aliphatic carbocycles. The van der Waals surface area contributed by atoms with E-state index in [0.717, 1.165) is 45.3 Å². The van der Waals surface area contributed by atoms with Crippen molar-refractivity contribution < 1.29 is 0 Å². The summed E-state index contributed by atoms with van der Waals surface area (Å²) < 4.78 is 0. The molecule has 5 heteroatoms. The smallest absolute Gasteiger partial charge is 0.138 e. The molecule has 6 rings (SSSR count). The van der Waals surface area contributed by atoms with E-state index in [2.05, 4.69) is 143 Å². The molecule has 0 radical (unpaired) electrons. The maximum atomic E-state index is 5.10. The third kappa shape index (κ3) is 5.72. The molecule has 0 amide bonds. The Bertz CT molecular complexity index is 1420. The van der Waals surface area contributed by atoms with Crippen LogP contribution in [0.1, 0.15) is 0 Å². The fraction of sp³-hybridized carbons (Fsp3) is 0. The summed E-state index contributed by atoms with van der Waals surface area (Å²) in [5.74, 6) is 1.76. The van der Waals surface area contributed by atoms with E-state index >= 15 is 0 Å². The minimum atomic E-state index is 0.310. The van der Waals surface area contributed by atoms with Crippen LogP contribution in [-0.2, 0) is 0 Å². The summed E-state index contributed by atoms with van der Waals surface area (Å²) in [7, 11) is 0.310. The number of hydrogen-bond donors (Lipinski definition) is 0. The van der Waals surface area contributed by atoms with Crippen LogP contribution in [0.25, 0.3) is 0 Å². The van der Waals surface area contributed by atoms with E-state index < -0.39 is 0 Å². The molecule has 0 atom stereocenters. The fourth-order valence-corrected chi connectivity index (χ4v) is 5.46. The van der Waals surface area contributed by atoms with Gasteiger partial charge in [0.15, 0.2) is 0 Å². The van der Waals surface area contributed by atoms with Gasteiger partial charge >= 0.3 is 0 Å². The predicted molar refractivity (Wildman–Crippen MR) is 165 cm³/mol. The van der Waals surface area contributed by atoms with Crippen LogP contribution in [0, 0.1) is 0 Å². The van der Waals surface area contributed by atoms with Crippen molar-refractivity contribution in [2.75, 3.05) is 9.80 Å². The SMILES string of the molecule is c1ccc(N(c2ccccc2)c2cccc(Pc3cccc(N(c4ccccc4)c4ccccc4)n3)n2)cc1. The van der Waals surface area contributed by atoms with Crippen molar-refractivity contribution in [1.29, 1.82) is 0 Å². The van der Waals surface area contributed by atoms with Gasteiger partial charge in [-0.15, -0.1) is 0 Å². The van der Waals surface area contributed by atoms with E-state index in [9.17, 15) is 0 Å². The quantitative estimate of drug-likeness (QED) is 0.189. The number of rotatable bonds is 8. The normalized spacial score (nSPS) is 10.7. The first-order valence-electron chi connectivity index (χ1n) is 12.9. The number of pyridine rings is 2. The largest absolute Gasteiger partial charge is 0.295 e. The van der Waals surface area contributed by atoms with E-state index in [-0.39, 0.29) is 0 Å². The topological polar surface area (TPSA) is 32.3 Å². The van der Waals surface area contributed by atoms with Crippen molar-refractivity contribution in [3.05, 3.63) is 158 Å². The Balaban J connectivity index is 1.34. The highest BCUT2D eigenvalue weighted by atomic mass is 31.1. The summed E-state index contributed by atoms with van der Waals surface area (Å²) in [6.07, 6.45) is 0. The number of nitrogens with zero attached hydrogens (tertiary/aromatic N) is 4. The molecular formula is C34H27N4P. The van der Waals surface area contributed by atoms with Crippen molar-refractivity contribution >= 4 is 53.8 Å². The lowest BCUT2D eigenvalue weighted by atomic mass is 10.2. The highest BCUT2D eigenvalue weighted by molar-refractivity contribution is 7.54. The first kappa shape index (κ1) is 24.5. The zero-order valence-corrected chi connectivity index (χ0v) is 22.3. The lowest BCUT2D eigenvalue weighted by Crippen LogP contribution is -2.18. The number of para-hydroxylation sites is 4. The summed E-state index contributed by atoms with van der Waals surface area (Å²) >= 11 is 0. The molecule has 0 bridgehead atoms. The number of hydrogen-bond acceptors (Lipinski definition) is 4. The van der Waals surface area contributed by atoms with Gasteiger partial charge in [-0.3, -0.25) is 9.80 Å². The van der Waals surface area contributed by atoms with E-state index in [4.69, 9.17) is 9.97 Å². The van der Waals surface area contributed by atoms with Crippen molar-refractivity contribution in [3.8, 4) is 0 Å². The molecule has 0 N–H and O–H groups in total. The van der Waals surface area contributed by atoms with Crippen LogP contribution in [0.3, 0.4) is 0 Å². The number of aromatic nitrogens is 2. The van der Waals surface area contributed by atoms with Crippen LogP contribution in [0.15, 0.2) is 158 Å². The van der Waals surface area contributed by atoms with Gasteiger partial charge in [0.2, 0.25) is 0 Å². The summed E-state index contributed by atoms with van der Waals surface area (Å²) in [6, 6.07) is 53.8. The van der Waals surface area contributed by atoms with Gasteiger partial charge in [0.1, 0.15) is 11.6 Å². The maximum Gasteiger partial charge on any atom is 0.138 e. The molecule has 0 fully saturated rings. The van der Waals surface area contributed by atoms with Crippen molar-refractivity contribution in [1.82, 2.24) is 9.97 Å². The molecular weight excluding hydrogens is 495 g/mol. The highest BCUT2D eigenvalue weighted by Gasteiger charge is 2.16. The standard InChI is InChI=1S/C34H27N4P/c1-5-15-27(16-6-1)37(28-17-7-2-8-18-28)31-23-13-25-33(35-31)39-34-26-14-24-32(36-34)38(29-19-9-3-10-20-29)30-21-11-4-12-22-30/h1-26,39H.